The van der Waals surface area contributed by atoms with Gasteiger partial charge in [-0.15, -0.1) is 0 Å². The number of carbonyl (C=O) groups is 2. The number of hydrogen-bond donors (Lipinski definition) is 1. The fraction of sp³-hybridized carbons (Fsp3) is 0.333. The fourth-order valence-electron chi connectivity index (χ4n) is 2.48. The zero-order chi connectivity index (χ0) is 20.2. The van der Waals surface area contributed by atoms with E-state index in [4.69, 9.17) is 4.74 Å². The number of ketones is 1. The lowest BCUT2D eigenvalue weighted by Gasteiger charge is -2.29. The summed E-state index contributed by atoms with van der Waals surface area (Å²) in [7, 11) is 0. The lowest BCUT2D eigenvalue weighted by atomic mass is 9.93. The van der Waals surface area contributed by atoms with Crippen LogP contribution < -0.4 is 5.32 Å². The molecule has 27 heavy (non-hydrogen) atoms. The summed E-state index contributed by atoms with van der Waals surface area (Å²) in [5, 5.41) is 2.17. The summed E-state index contributed by atoms with van der Waals surface area (Å²) >= 11 is 0. The maximum atomic E-state index is 15.1. The topological polar surface area (TPSA) is 55.4 Å². The number of nitrogens with one attached hydrogen (secondary N) is 1. The van der Waals surface area contributed by atoms with Crippen molar-refractivity contribution >= 4 is 11.9 Å². The van der Waals surface area contributed by atoms with E-state index in [0.717, 1.165) is 5.56 Å². The van der Waals surface area contributed by atoms with Gasteiger partial charge in [0.2, 0.25) is 5.78 Å². The second kappa shape index (κ2) is 7.86. The molecule has 0 saturated carbocycles. The molecule has 0 aliphatic rings. The van der Waals surface area contributed by atoms with Crippen molar-refractivity contribution in [3.63, 3.8) is 0 Å². The summed E-state index contributed by atoms with van der Waals surface area (Å²) in [6.45, 7) is 6.69. The molecule has 0 fully saturated rings. The van der Waals surface area contributed by atoms with Gasteiger partial charge in [0.15, 0.2) is 0 Å². The van der Waals surface area contributed by atoms with Gasteiger partial charge in [-0.05, 0) is 33.3 Å². The van der Waals surface area contributed by atoms with E-state index < -0.39 is 29.4 Å². The number of Topliss-reactive ketones (excluding diaryl/α,β-unsaturated/α-hetero) is 1. The Bertz CT molecular complexity index is 796. The first-order chi connectivity index (χ1) is 12.5. The van der Waals surface area contributed by atoms with Crippen LogP contribution in [0.3, 0.4) is 0 Å². The molecule has 0 spiro atoms. The Morgan fingerprint density at radius 1 is 0.963 bits per heavy atom. The average Bonchev–Trinajstić information content (AvgIpc) is 2.59. The van der Waals surface area contributed by atoms with Crippen molar-refractivity contribution in [1.82, 2.24) is 5.32 Å². The molecule has 2 aromatic carbocycles. The Hall–Kier alpha value is -2.76. The van der Waals surface area contributed by atoms with Gasteiger partial charge in [0, 0.05) is 5.56 Å². The van der Waals surface area contributed by atoms with E-state index in [1.807, 2.05) is 6.92 Å². The molecule has 0 aromatic heterocycles. The molecular weight excluding hydrogens is 352 g/mol. The van der Waals surface area contributed by atoms with Gasteiger partial charge >= 0.3 is 12.0 Å². The summed E-state index contributed by atoms with van der Waals surface area (Å²) < 4.78 is 35.4. The summed E-state index contributed by atoms with van der Waals surface area (Å²) in [5.74, 6) is -5.24. The Labute approximate surface area is 157 Å². The number of aryl methyl sites for hydroxylation is 1. The van der Waals surface area contributed by atoms with E-state index in [-0.39, 0.29) is 11.1 Å². The molecule has 0 saturated heterocycles. The van der Waals surface area contributed by atoms with Crippen molar-refractivity contribution < 1.29 is 23.1 Å². The first kappa shape index (κ1) is 20.6. The van der Waals surface area contributed by atoms with E-state index >= 15 is 8.78 Å². The van der Waals surface area contributed by atoms with E-state index in [1.165, 1.54) is 36.4 Å². The third kappa shape index (κ3) is 5.36. The summed E-state index contributed by atoms with van der Waals surface area (Å²) in [5.41, 5.74) is -0.0144. The molecule has 0 unspecified atom stereocenters. The highest BCUT2D eigenvalue weighted by Crippen LogP contribution is 2.35. The number of alkyl halides is 2. The Morgan fingerprint density at radius 3 is 2.04 bits per heavy atom. The molecule has 0 heterocycles. The van der Waals surface area contributed by atoms with Gasteiger partial charge in [-0.1, -0.05) is 60.2 Å². The minimum atomic E-state index is -3.87. The van der Waals surface area contributed by atoms with Crippen LogP contribution in [0.2, 0.25) is 0 Å². The maximum Gasteiger partial charge on any atom is 0.408 e. The van der Waals surface area contributed by atoms with Gasteiger partial charge in [0.1, 0.15) is 11.6 Å². The van der Waals surface area contributed by atoms with E-state index in [2.05, 4.69) is 5.32 Å². The van der Waals surface area contributed by atoms with Gasteiger partial charge in [-0.25, -0.2) is 4.79 Å². The normalized spacial score (nSPS) is 13.0. The van der Waals surface area contributed by atoms with Crippen LogP contribution in [0.25, 0.3) is 0 Å². The molecule has 1 N–H and O–H groups in total. The van der Waals surface area contributed by atoms with Gasteiger partial charge in [-0.2, -0.15) is 8.78 Å². The Balaban J connectivity index is 2.39. The predicted octanol–water partition coefficient (Wildman–Crippen LogP) is 5.08. The number of hydrogen-bond acceptors (Lipinski definition) is 3. The number of benzene rings is 2. The molecule has 0 aliphatic heterocycles. The number of ether oxygens (including phenoxy) is 1. The van der Waals surface area contributed by atoms with Crippen molar-refractivity contribution in [2.75, 3.05) is 0 Å². The number of halogens is 2. The number of carbonyl (C=O) groups excluding carboxylic acids is 2. The molecule has 2 rings (SSSR count). The third-order valence-electron chi connectivity index (χ3n) is 3.77. The van der Waals surface area contributed by atoms with Gasteiger partial charge in [0.05, 0.1) is 0 Å². The maximum absolute atomic E-state index is 15.1. The molecule has 2 aromatic rings. The number of alkyl carbamates (subject to hydrolysis) is 1. The van der Waals surface area contributed by atoms with Crippen molar-refractivity contribution in [2.45, 2.75) is 45.3 Å². The third-order valence-corrected chi connectivity index (χ3v) is 3.77. The van der Waals surface area contributed by atoms with Crippen LogP contribution in [0.5, 0.6) is 0 Å². The lowest BCUT2D eigenvalue weighted by Crippen LogP contribution is -2.47. The standard InChI is InChI=1S/C21H23F2NO3/c1-14-10-12-15(13-11-14)17(24-19(26)27-20(2,3)4)21(22,23)18(25)16-8-6-5-7-9-16/h5-13,17H,1-4H3,(H,24,26)/t17-/m0/s1. The molecule has 4 nitrogen and oxygen atoms in total. The monoisotopic (exact) mass is 375 g/mol. The van der Waals surface area contributed by atoms with Crippen LogP contribution >= 0.6 is 0 Å². The van der Waals surface area contributed by atoms with Crippen LogP contribution in [0.1, 0.15) is 48.3 Å². The summed E-state index contributed by atoms with van der Waals surface area (Å²) in [4.78, 5) is 24.6. The second-order valence-corrected chi connectivity index (χ2v) is 7.31. The van der Waals surface area contributed by atoms with Crippen LogP contribution in [0, 0.1) is 6.92 Å². The molecule has 0 bridgehead atoms. The Morgan fingerprint density at radius 2 is 1.52 bits per heavy atom. The average molecular weight is 375 g/mol. The molecule has 0 radical (unpaired) electrons. The molecule has 144 valence electrons. The minimum absolute atomic E-state index is 0.112. The summed E-state index contributed by atoms with van der Waals surface area (Å²) in [6, 6.07) is 11.6. The van der Waals surface area contributed by atoms with E-state index in [0.29, 0.717) is 0 Å². The minimum Gasteiger partial charge on any atom is -0.444 e. The zero-order valence-corrected chi connectivity index (χ0v) is 15.8. The molecule has 0 aliphatic carbocycles. The van der Waals surface area contributed by atoms with Crippen LogP contribution in [0.4, 0.5) is 13.6 Å². The molecule has 1 atom stereocenters. The van der Waals surface area contributed by atoms with Crippen molar-refractivity contribution in [3.8, 4) is 0 Å². The summed E-state index contributed by atoms with van der Waals surface area (Å²) in [6.07, 6.45) is -1.02. The smallest absolute Gasteiger partial charge is 0.408 e. The van der Waals surface area contributed by atoms with E-state index in [9.17, 15) is 9.59 Å². The SMILES string of the molecule is Cc1ccc([C@H](NC(=O)OC(C)(C)C)C(F)(F)C(=O)c2ccccc2)cc1. The first-order valence-electron chi connectivity index (χ1n) is 8.54. The highest BCUT2D eigenvalue weighted by molar-refractivity contribution is 6.02. The quantitative estimate of drug-likeness (QED) is 0.742. The largest absolute Gasteiger partial charge is 0.444 e. The number of rotatable bonds is 5. The number of amides is 1. The fourth-order valence-corrected chi connectivity index (χ4v) is 2.48. The van der Waals surface area contributed by atoms with Gasteiger partial charge in [-0.3, -0.25) is 4.79 Å². The van der Waals surface area contributed by atoms with Crippen LogP contribution in [0.15, 0.2) is 54.6 Å². The second-order valence-electron chi connectivity index (χ2n) is 7.31. The first-order valence-corrected chi connectivity index (χ1v) is 8.54. The molecule has 6 heteroatoms. The van der Waals surface area contributed by atoms with Crippen molar-refractivity contribution in [2.24, 2.45) is 0 Å². The highest BCUT2D eigenvalue weighted by Gasteiger charge is 2.49. The molecular formula is C21H23F2NO3. The van der Waals surface area contributed by atoms with Crippen molar-refractivity contribution in [1.29, 1.82) is 0 Å². The zero-order valence-electron chi connectivity index (χ0n) is 15.8. The highest BCUT2D eigenvalue weighted by atomic mass is 19.3. The van der Waals surface area contributed by atoms with Gasteiger partial charge in [0.25, 0.3) is 0 Å². The Kier molecular flexibility index (Phi) is 5.98. The van der Waals surface area contributed by atoms with E-state index in [1.54, 1.807) is 39.0 Å². The van der Waals surface area contributed by atoms with Gasteiger partial charge < -0.3 is 10.1 Å². The molecule has 1 amide bonds. The van der Waals surface area contributed by atoms with Crippen LogP contribution in [-0.4, -0.2) is 23.4 Å². The van der Waals surface area contributed by atoms with Crippen molar-refractivity contribution in [3.05, 3.63) is 71.3 Å². The lowest BCUT2D eigenvalue weighted by molar-refractivity contribution is -0.0208. The van der Waals surface area contributed by atoms with Crippen LogP contribution in [-0.2, 0) is 4.74 Å². The predicted molar refractivity (Wildman–Crippen MR) is 99.0 cm³/mol.